The lowest BCUT2D eigenvalue weighted by Gasteiger charge is -2.12. The Hall–Kier alpha value is -3.46. The van der Waals surface area contributed by atoms with Gasteiger partial charge in [0, 0.05) is 41.2 Å². The second kappa shape index (κ2) is 7.75. The molecule has 0 bridgehead atoms. The van der Waals surface area contributed by atoms with Crippen molar-refractivity contribution in [1.29, 1.82) is 0 Å². The number of benzene rings is 2. The van der Waals surface area contributed by atoms with E-state index in [0.29, 0.717) is 16.8 Å². The molecule has 4 rings (SSSR count). The van der Waals surface area contributed by atoms with Gasteiger partial charge in [0.1, 0.15) is 5.75 Å². The van der Waals surface area contributed by atoms with Crippen LogP contribution in [0.3, 0.4) is 0 Å². The van der Waals surface area contributed by atoms with Gasteiger partial charge < -0.3 is 14.6 Å². The van der Waals surface area contributed by atoms with Gasteiger partial charge >= 0.3 is 5.57 Å². The molecule has 0 spiro atoms. The number of H-pyrrole nitrogens is 1. The minimum Gasteiger partial charge on any atom is -0.420 e. The van der Waals surface area contributed by atoms with E-state index in [1.807, 2.05) is 17.6 Å². The van der Waals surface area contributed by atoms with Gasteiger partial charge in [0.25, 0.3) is 5.91 Å². The molecule has 10 heteroatoms. The average Bonchev–Trinajstić information content (AvgIpc) is 3.37. The average molecular weight is 432 g/mol. The van der Waals surface area contributed by atoms with Crippen molar-refractivity contribution < 1.29 is 18.3 Å². The van der Waals surface area contributed by atoms with E-state index in [1.54, 1.807) is 24.7 Å². The lowest BCUT2D eigenvalue weighted by atomic mass is 10.0. The summed E-state index contributed by atoms with van der Waals surface area (Å²) < 4.78 is 31.7. The van der Waals surface area contributed by atoms with E-state index < -0.39 is 5.57 Å². The molecule has 0 saturated carbocycles. The second-order valence-electron chi connectivity index (χ2n) is 6.42. The van der Waals surface area contributed by atoms with E-state index in [2.05, 4.69) is 25.2 Å². The summed E-state index contributed by atoms with van der Waals surface area (Å²) in [7, 11) is 0. The van der Waals surface area contributed by atoms with Crippen molar-refractivity contribution in [3.8, 4) is 17.0 Å². The van der Waals surface area contributed by atoms with Crippen molar-refractivity contribution in [2.24, 2.45) is 0 Å². The van der Waals surface area contributed by atoms with E-state index in [1.165, 1.54) is 24.3 Å². The summed E-state index contributed by atoms with van der Waals surface area (Å²) >= 11 is 4.75. The van der Waals surface area contributed by atoms with E-state index in [4.69, 9.17) is 11.6 Å². The number of aryl methyl sites for hydroxylation is 1. The van der Waals surface area contributed by atoms with Gasteiger partial charge in [-0.2, -0.15) is 5.10 Å². The zero-order valence-electron chi connectivity index (χ0n) is 15.7. The number of fused-ring (bicyclic) bond motifs is 1. The van der Waals surface area contributed by atoms with Gasteiger partial charge in [0.05, 0.1) is 23.1 Å². The molecule has 154 valence electrons. The van der Waals surface area contributed by atoms with Crippen molar-refractivity contribution in [3.05, 3.63) is 60.6 Å². The fourth-order valence-corrected chi connectivity index (χ4v) is 3.22. The van der Waals surface area contributed by atoms with Gasteiger partial charge in [0.2, 0.25) is 0 Å². The molecule has 0 fully saturated rings. The van der Waals surface area contributed by atoms with Crippen LogP contribution in [0, 0.1) is 0 Å². The second-order valence-corrected chi connectivity index (χ2v) is 6.86. The molecular formula is C20H16ClF2N5O2. The summed E-state index contributed by atoms with van der Waals surface area (Å²) in [6.45, 7) is 2.73. The van der Waals surface area contributed by atoms with Crippen LogP contribution in [0.15, 0.2) is 55.0 Å². The number of carbonyl (C=O) groups is 1. The number of halogens is 3. The van der Waals surface area contributed by atoms with Gasteiger partial charge in [-0.15, -0.1) is 8.78 Å². The first kappa shape index (κ1) is 19.8. The van der Waals surface area contributed by atoms with E-state index in [9.17, 15) is 13.6 Å². The smallest absolute Gasteiger partial charge is 0.420 e. The van der Waals surface area contributed by atoms with Gasteiger partial charge in [-0.3, -0.25) is 9.89 Å². The van der Waals surface area contributed by atoms with Crippen molar-refractivity contribution in [1.82, 2.24) is 19.7 Å². The third kappa shape index (κ3) is 4.11. The highest BCUT2D eigenvalue weighted by Gasteiger charge is 2.27. The molecule has 0 aliphatic rings. The number of aromatic amines is 1. The summed E-state index contributed by atoms with van der Waals surface area (Å²) in [5.41, 5.74) is 0.110. The van der Waals surface area contributed by atoms with Crippen molar-refractivity contribution >= 4 is 34.2 Å². The first-order valence-corrected chi connectivity index (χ1v) is 9.37. The fourth-order valence-electron chi connectivity index (χ4n) is 3.13. The van der Waals surface area contributed by atoms with Crippen LogP contribution in [-0.2, 0) is 6.54 Å². The molecule has 7 nitrogen and oxygen atoms in total. The van der Waals surface area contributed by atoms with Crippen molar-refractivity contribution in [2.45, 2.75) is 19.0 Å². The number of hydrogen-bond donors (Lipinski definition) is 2. The van der Waals surface area contributed by atoms with Crippen molar-refractivity contribution in [2.75, 3.05) is 5.32 Å². The van der Waals surface area contributed by atoms with Crippen LogP contribution in [0.5, 0.6) is 5.75 Å². The number of rotatable bonds is 6. The topological polar surface area (TPSA) is 84.8 Å². The monoisotopic (exact) mass is 431 g/mol. The number of carbonyl (C=O) groups excluding carboxylic acids is 1. The predicted octanol–water partition coefficient (Wildman–Crippen LogP) is 4.87. The molecule has 30 heavy (non-hydrogen) atoms. The number of alkyl halides is 3. The number of amides is 1. The molecule has 1 amide bonds. The summed E-state index contributed by atoms with van der Waals surface area (Å²) in [5.74, 6) is -0.499. The highest BCUT2D eigenvalue weighted by Crippen LogP contribution is 2.30. The highest BCUT2D eigenvalue weighted by molar-refractivity contribution is 6.20. The van der Waals surface area contributed by atoms with Crippen molar-refractivity contribution in [3.63, 3.8) is 0 Å². The molecular weight excluding hydrogens is 416 g/mol. The first-order chi connectivity index (χ1) is 14.3. The van der Waals surface area contributed by atoms with Crippen LogP contribution < -0.4 is 10.1 Å². The standard InChI is InChI=1S/C20H16ClF2N5O2/c1-2-28-11-24-17-10-12(9-15(18(17)28)16-7-8-25-27-16)19(29)26-13-3-5-14(6-4-13)30-20(21,22)23/h3-11H,2H2,1H3,(H,25,27)(H,26,29). The number of hydrogen-bond acceptors (Lipinski definition) is 4. The maximum Gasteiger partial charge on any atom is 0.487 e. The number of nitrogens with one attached hydrogen (secondary N) is 2. The molecule has 2 N–H and O–H groups in total. The summed E-state index contributed by atoms with van der Waals surface area (Å²) in [6, 6.07) is 10.7. The van der Waals surface area contributed by atoms with Crippen LogP contribution in [-0.4, -0.2) is 31.2 Å². The Labute approximate surface area is 174 Å². The van der Waals surface area contributed by atoms with E-state index >= 15 is 0 Å². The van der Waals surface area contributed by atoms with Gasteiger partial charge in [-0.25, -0.2) is 4.98 Å². The zero-order valence-corrected chi connectivity index (χ0v) is 16.5. The third-order valence-electron chi connectivity index (χ3n) is 4.45. The molecule has 0 saturated heterocycles. The minimum atomic E-state index is -3.80. The highest BCUT2D eigenvalue weighted by atomic mass is 35.5. The minimum absolute atomic E-state index is 0.124. The Morgan fingerprint density at radius 1 is 1.27 bits per heavy atom. The maximum atomic E-state index is 12.8. The SMILES string of the molecule is CCn1cnc2cc(C(=O)Nc3ccc(OC(F)(F)Cl)cc3)cc(-c3ccn[nH]3)c21. The number of imidazole rings is 1. The van der Waals surface area contributed by atoms with Crippen LogP contribution in [0.1, 0.15) is 17.3 Å². The number of nitrogens with zero attached hydrogens (tertiary/aromatic N) is 3. The van der Waals surface area contributed by atoms with Gasteiger partial charge in [-0.1, -0.05) is 0 Å². The zero-order chi connectivity index (χ0) is 21.3. The van der Waals surface area contributed by atoms with E-state index in [0.717, 1.165) is 23.3 Å². The molecule has 2 heterocycles. The lowest BCUT2D eigenvalue weighted by Crippen LogP contribution is -2.16. The Morgan fingerprint density at radius 2 is 2.03 bits per heavy atom. The Morgan fingerprint density at radius 3 is 2.67 bits per heavy atom. The summed E-state index contributed by atoms with van der Waals surface area (Å²) in [4.78, 5) is 17.2. The van der Waals surface area contributed by atoms with Gasteiger partial charge in [0.15, 0.2) is 0 Å². The van der Waals surface area contributed by atoms with Crippen LogP contribution >= 0.6 is 11.6 Å². The molecule has 2 aromatic carbocycles. The number of ether oxygens (including phenoxy) is 1. The molecule has 0 unspecified atom stereocenters. The number of anilines is 1. The summed E-state index contributed by atoms with van der Waals surface area (Å²) in [5, 5.41) is 9.64. The fraction of sp³-hybridized carbons (Fsp3) is 0.150. The normalized spacial score (nSPS) is 11.6. The lowest BCUT2D eigenvalue weighted by molar-refractivity contribution is -0.0964. The maximum absolute atomic E-state index is 12.8. The molecule has 4 aromatic rings. The first-order valence-electron chi connectivity index (χ1n) is 9.00. The predicted molar refractivity (Wildman–Crippen MR) is 109 cm³/mol. The number of aromatic nitrogens is 4. The Kier molecular flexibility index (Phi) is 5.13. The van der Waals surface area contributed by atoms with Gasteiger partial charge in [-0.05, 0) is 49.4 Å². The summed E-state index contributed by atoms with van der Waals surface area (Å²) in [6.07, 6.45) is 3.35. The molecule has 0 radical (unpaired) electrons. The molecule has 0 aliphatic heterocycles. The van der Waals surface area contributed by atoms with Crippen LogP contribution in [0.4, 0.5) is 14.5 Å². The van der Waals surface area contributed by atoms with Crippen LogP contribution in [0.25, 0.3) is 22.3 Å². The Bertz CT molecular complexity index is 1180. The van der Waals surface area contributed by atoms with E-state index in [-0.39, 0.29) is 11.7 Å². The largest absolute Gasteiger partial charge is 0.487 e. The third-order valence-corrected chi connectivity index (χ3v) is 4.53. The molecule has 0 aliphatic carbocycles. The van der Waals surface area contributed by atoms with Crippen LogP contribution in [0.2, 0.25) is 0 Å². The molecule has 2 aromatic heterocycles. The Balaban J connectivity index is 1.64. The quantitative estimate of drug-likeness (QED) is 0.427. The molecule has 0 atom stereocenters.